The summed E-state index contributed by atoms with van der Waals surface area (Å²) in [6.07, 6.45) is 0. The fourth-order valence-electron chi connectivity index (χ4n) is 1.19. The van der Waals surface area contributed by atoms with Gasteiger partial charge in [-0.05, 0) is 27.7 Å². The summed E-state index contributed by atoms with van der Waals surface area (Å²) in [6.45, 7) is 8.53. The molecule has 0 fully saturated rings. The second kappa shape index (κ2) is 3.61. The van der Waals surface area contributed by atoms with Crippen LogP contribution in [0.2, 0.25) is 0 Å². The fourth-order valence-corrected chi connectivity index (χ4v) is 1.19. The van der Waals surface area contributed by atoms with Crippen LogP contribution in [0.5, 0.6) is 0 Å². The number of nitrogens with two attached hydrogens (primary N) is 1. The molecule has 0 spiro atoms. The first-order valence-electron chi connectivity index (χ1n) is 4.73. The summed E-state index contributed by atoms with van der Waals surface area (Å²) in [5.41, 5.74) is 7.64. The van der Waals surface area contributed by atoms with E-state index in [1.54, 1.807) is 4.68 Å². The zero-order valence-electron chi connectivity index (χ0n) is 9.59. The van der Waals surface area contributed by atoms with Gasteiger partial charge in [-0.25, -0.2) is 0 Å². The van der Waals surface area contributed by atoms with Crippen LogP contribution < -0.4 is 5.73 Å². The van der Waals surface area contributed by atoms with Gasteiger partial charge in [0.2, 0.25) is 0 Å². The Bertz CT molecular complexity index is 323. The standard InChI is InChI=1S/C10H19N3O/c1-7-8(6-14-10(2,3)4)9(11)13(5)12-7/h6,11H2,1-5H3. The molecule has 1 aromatic rings. The highest BCUT2D eigenvalue weighted by Crippen LogP contribution is 2.19. The van der Waals surface area contributed by atoms with E-state index in [-0.39, 0.29) is 5.60 Å². The van der Waals surface area contributed by atoms with Gasteiger partial charge in [-0.2, -0.15) is 5.10 Å². The summed E-state index contributed by atoms with van der Waals surface area (Å²) in [5.74, 6) is 0.687. The van der Waals surface area contributed by atoms with Crippen molar-refractivity contribution in [1.29, 1.82) is 0 Å². The molecule has 4 nitrogen and oxygen atoms in total. The fraction of sp³-hybridized carbons (Fsp3) is 0.700. The minimum atomic E-state index is -0.144. The summed E-state index contributed by atoms with van der Waals surface area (Å²) in [7, 11) is 1.84. The van der Waals surface area contributed by atoms with Gasteiger partial charge in [-0.3, -0.25) is 4.68 Å². The normalized spacial score (nSPS) is 12.1. The van der Waals surface area contributed by atoms with Crippen LogP contribution in [0, 0.1) is 6.92 Å². The minimum Gasteiger partial charge on any atom is -0.384 e. The predicted molar refractivity (Wildman–Crippen MR) is 56.9 cm³/mol. The number of hydrogen-bond donors (Lipinski definition) is 1. The van der Waals surface area contributed by atoms with E-state index in [4.69, 9.17) is 10.5 Å². The molecule has 0 aliphatic rings. The monoisotopic (exact) mass is 197 g/mol. The molecule has 0 aromatic carbocycles. The Kier molecular flexibility index (Phi) is 2.85. The molecule has 4 heteroatoms. The van der Waals surface area contributed by atoms with Crippen LogP contribution in [0.3, 0.4) is 0 Å². The van der Waals surface area contributed by atoms with Crippen LogP contribution in [0.15, 0.2) is 0 Å². The highest BCUT2D eigenvalue weighted by Gasteiger charge is 2.15. The van der Waals surface area contributed by atoms with Crippen LogP contribution in [-0.2, 0) is 18.4 Å². The minimum absolute atomic E-state index is 0.144. The second-order valence-corrected chi connectivity index (χ2v) is 4.47. The molecule has 0 aliphatic heterocycles. The van der Waals surface area contributed by atoms with Gasteiger partial charge in [-0.1, -0.05) is 0 Å². The molecule has 0 bridgehead atoms. The lowest BCUT2D eigenvalue weighted by atomic mass is 10.2. The van der Waals surface area contributed by atoms with Crippen LogP contribution in [0.25, 0.3) is 0 Å². The topological polar surface area (TPSA) is 53.1 Å². The summed E-state index contributed by atoms with van der Waals surface area (Å²) in [4.78, 5) is 0. The number of rotatable bonds is 2. The van der Waals surface area contributed by atoms with E-state index in [2.05, 4.69) is 5.10 Å². The van der Waals surface area contributed by atoms with Gasteiger partial charge in [0.1, 0.15) is 5.82 Å². The molecule has 0 saturated carbocycles. The van der Waals surface area contributed by atoms with Crippen LogP contribution >= 0.6 is 0 Å². The number of aromatic nitrogens is 2. The number of nitrogen functional groups attached to an aromatic ring is 1. The van der Waals surface area contributed by atoms with Crippen LogP contribution in [-0.4, -0.2) is 15.4 Å². The lowest BCUT2D eigenvalue weighted by molar-refractivity contribution is -0.0148. The maximum Gasteiger partial charge on any atom is 0.127 e. The Morgan fingerprint density at radius 1 is 1.43 bits per heavy atom. The van der Waals surface area contributed by atoms with Crippen molar-refractivity contribution >= 4 is 5.82 Å². The maximum absolute atomic E-state index is 5.85. The number of hydrogen-bond acceptors (Lipinski definition) is 3. The van der Waals surface area contributed by atoms with Gasteiger partial charge in [0.25, 0.3) is 0 Å². The molecule has 14 heavy (non-hydrogen) atoms. The van der Waals surface area contributed by atoms with Crippen molar-refractivity contribution < 1.29 is 4.74 Å². The zero-order chi connectivity index (χ0) is 10.9. The largest absolute Gasteiger partial charge is 0.384 e. The number of anilines is 1. The Hall–Kier alpha value is -1.03. The molecule has 0 aliphatic carbocycles. The van der Waals surface area contributed by atoms with Crippen molar-refractivity contribution in [3.8, 4) is 0 Å². The van der Waals surface area contributed by atoms with Crippen LogP contribution in [0.1, 0.15) is 32.0 Å². The molecule has 1 heterocycles. The van der Waals surface area contributed by atoms with E-state index in [1.165, 1.54) is 0 Å². The zero-order valence-corrected chi connectivity index (χ0v) is 9.59. The molecule has 80 valence electrons. The van der Waals surface area contributed by atoms with Gasteiger partial charge in [0.15, 0.2) is 0 Å². The summed E-state index contributed by atoms with van der Waals surface area (Å²) >= 11 is 0. The smallest absolute Gasteiger partial charge is 0.127 e. The van der Waals surface area contributed by atoms with E-state index in [0.29, 0.717) is 12.4 Å². The van der Waals surface area contributed by atoms with Crippen molar-refractivity contribution in [1.82, 2.24) is 9.78 Å². The van der Waals surface area contributed by atoms with Gasteiger partial charge in [-0.15, -0.1) is 0 Å². The van der Waals surface area contributed by atoms with Gasteiger partial charge in [0, 0.05) is 12.6 Å². The Morgan fingerprint density at radius 3 is 2.36 bits per heavy atom. The first-order chi connectivity index (χ1) is 6.31. The van der Waals surface area contributed by atoms with Crippen LogP contribution in [0.4, 0.5) is 5.82 Å². The predicted octanol–water partition coefficient (Wildman–Crippen LogP) is 1.63. The van der Waals surface area contributed by atoms with E-state index in [0.717, 1.165) is 11.3 Å². The quantitative estimate of drug-likeness (QED) is 0.784. The van der Waals surface area contributed by atoms with Gasteiger partial charge in [0.05, 0.1) is 17.9 Å². The van der Waals surface area contributed by atoms with E-state index >= 15 is 0 Å². The number of aryl methyl sites for hydroxylation is 2. The van der Waals surface area contributed by atoms with Crippen molar-refractivity contribution in [2.45, 2.75) is 39.9 Å². The average Bonchev–Trinajstić information content (AvgIpc) is 2.23. The van der Waals surface area contributed by atoms with E-state index in [1.807, 2.05) is 34.7 Å². The number of ether oxygens (including phenoxy) is 1. The van der Waals surface area contributed by atoms with E-state index < -0.39 is 0 Å². The summed E-state index contributed by atoms with van der Waals surface area (Å²) < 4.78 is 7.33. The SMILES string of the molecule is Cc1nn(C)c(N)c1COC(C)(C)C. The molecule has 2 N–H and O–H groups in total. The van der Waals surface area contributed by atoms with Crippen molar-refractivity contribution in [3.05, 3.63) is 11.3 Å². The molecule has 0 unspecified atom stereocenters. The molecule has 1 rings (SSSR count). The third-order valence-electron chi connectivity index (χ3n) is 2.04. The Labute approximate surface area is 85.0 Å². The molecule has 0 amide bonds. The second-order valence-electron chi connectivity index (χ2n) is 4.47. The third kappa shape index (κ3) is 2.48. The summed E-state index contributed by atoms with van der Waals surface area (Å²) in [5, 5.41) is 4.22. The van der Waals surface area contributed by atoms with Gasteiger partial charge < -0.3 is 10.5 Å². The molecule has 0 saturated heterocycles. The Morgan fingerprint density at radius 2 is 2.00 bits per heavy atom. The molecular formula is C10H19N3O. The molecule has 0 radical (unpaired) electrons. The third-order valence-corrected chi connectivity index (χ3v) is 2.04. The maximum atomic E-state index is 5.85. The summed E-state index contributed by atoms with van der Waals surface area (Å²) in [6, 6.07) is 0. The lowest BCUT2D eigenvalue weighted by Crippen LogP contribution is -2.19. The molecular weight excluding hydrogens is 178 g/mol. The lowest BCUT2D eigenvalue weighted by Gasteiger charge is -2.19. The first kappa shape index (κ1) is 11.0. The Balaban J connectivity index is 2.77. The first-order valence-corrected chi connectivity index (χ1v) is 4.73. The molecule has 0 atom stereocenters. The highest BCUT2D eigenvalue weighted by atomic mass is 16.5. The molecule has 1 aromatic heterocycles. The van der Waals surface area contributed by atoms with Gasteiger partial charge >= 0.3 is 0 Å². The van der Waals surface area contributed by atoms with E-state index in [9.17, 15) is 0 Å². The van der Waals surface area contributed by atoms with Crippen molar-refractivity contribution in [2.24, 2.45) is 7.05 Å². The number of nitrogens with zero attached hydrogens (tertiary/aromatic N) is 2. The average molecular weight is 197 g/mol. The van der Waals surface area contributed by atoms with Crippen molar-refractivity contribution in [3.63, 3.8) is 0 Å². The van der Waals surface area contributed by atoms with Crippen molar-refractivity contribution in [2.75, 3.05) is 5.73 Å². The highest BCUT2D eigenvalue weighted by molar-refractivity contribution is 5.42.